The van der Waals surface area contributed by atoms with Crippen LogP contribution in [-0.4, -0.2) is 17.2 Å². The van der Waals surface area contributed by atoms with Gasteiger partial charge in [-0.3, -0.25) is 0 Å². The molecule has 104 valence electrons. The van der Waals surface area contributed by atoms with Crippen molar-refractivity contribution in [3.8, 4) is 5.75 Å². The molecule has 5 heteroatoms. The largest absolute Gasteiger partial charge is 0.497 e. The summed E-state index contributed by atoms with van der Waals surface area (Å²) >= 11 is 5.25. The van der Waals surface area contributed by atoms with Gasteiger partial charge in [-0.15, -0.1) is 0 Å². The highest BCUT2D eigenvalue weighted by atomic mass is 32.1. The Balaban J connectivity index is 1.88. The average Bonchev–Trinajstić information content (AvgIpc) is 2.45. The molecule has 0 fully saturated rings. The van der Waals surface area contributed by atoms with Crippen molar-refractivity contribution in [3.05, 3.63) is 53.7 Å². The van der Waals surface area contributed by atoms with Gasteiger partial charge in [-0.1, -0.05) is 12.1 Å². The number of aryl methyl sites for hydroxylation is 1. The lowest BCUT2D eigenvalue weighted by Gasteiger charge is -2.10. The number of thiocarbonyl (C=S) groups is 1. The number of benzene rings is 1. The number of nitrogens with zero attached hydrogens (tertiary/aromatic N) is 1. The van der Waals surface area contributed by atoms with E-state index in [0.717, 1.165) is 22.7 Å². The van der Waals surface area contributed by atoms with Gasteiger partial charge in [-0.2, -0.15) is 0 Å². The summed E-state index contributed by atoms with van der Waals surface area (Å²) < 4.78 is 5.18. The zero-order valence-corrected chi connectivity index (χ0v) is 12.3. The fraction of sp³-hybridized carbons (Fsp3) is 0.200. The van der Waals surface area contributed by atoms with E-state index in [-0.39, 0.29) is 0 Å². The van der Waals surface area contributed by atoms with Crippen molar-refractivity contribution < 1.29 is 4.74 Å². The monoisotopic (exact) mass is 287 g/mol. The third-order valence-electron chi connectivity index (χ3n) is 2.74. The van der Waals surface area contributed by atoms with Crippen molar-refractivity contribution in [2.24, 2.45) is 0 Å². The topological polar surface area (TPSA) is 46.2 Å². The van der Waals surface area contributed by atoms with E-state index >= 15 is 0 Å². The van der Waals surface area contributed by atoms with E-state index in [2.05, 4.69) is 15.6 Å². The number of anilines is 1. The summed E-state index contributed by atoms with van der Waals surface area (Å²) in [7, 11) is 1.65. The Morgan fingerprint density at radius 3 is 2.90 bits per heavy atom. The quantitative estimate of drug-likeness (QED) is 0.847. The lowest BCUT2D eigenvalue weighted by molar-refractivity contribution is 0.414. The van der Waals surface area contributed by atoms with E-state index in [4.69, 9.17) is 17.0 Å². The summed E-state index contributed by atoms with van der Waals surface area (Å²) in [6.45, 7) is 2.65. The van der Waals surface area contributed by atoms with E-state index in [0.29, 0.717) is 11.7 Å². The zero-order valence-electron chi connectivity index (χ0n) is 11.5. The van der Waals surface area contributed by atoms with Crippen LogP contribution in [0.1, 0.15) is 11.1 Å². The Hall–Kier alpha value is -2.14. The molecule has 1 heterocycles. The van der Waals surface area contributed by atoms with Crippen LogP contribution in [0.15, 0.2) is 42.6 Å². The molecule has 2 aromatic rings. The molecular formula is C15H17N3OS. The second kappa shape index (κ2) is 6.86. The first kappa shape index (κ1) is 14.3. The highest BCUT2D eigenvalue weighted by Crippen LogP contribution is 2.12. The molecule has 0 radical (unpaired) electrons. The Morgan fingerprint density at radius 1 is 1.30 bits per heavy atom. The SMILES string of the molecule is COc1cccc(CNC(=S)Nc2cc(C)ccn2)c1. The Labute approximate surface area is 124 Å². The van der Waals surface area contributed by atoms with E-state index in [1.54, 1.807) is 13.3 Å². The van der Waals surface area contributed by atoms with Gasteiger partial charge in [-0.25, -0.2) is 4.98 Å². The zero-order chi connectivity index (χ0) is 14.4. The molecule has 0 amide bonds. The van der Waals surface area contributed by atoms with E-state index < -0.39 is 0 Å². The van der Waals surface area contributed by atoms with Crippen molar-refractivity contribution >= 4 is 23.1 Å². The van der Waals surface area contributed by atoms with Crippen molar-refractivity contribution in [2.75, 3.05) is 12.4 Å². The minimum Gasteiger partial charge on any atom is -0.497 e. The maximum Gasteiger partial charge on any atom is 0.172 e. The van der Waals surface area contributed by atoms with Crippen LogP contribution in [0.5, 0.6) is 5.75 Å². The highest BCUT2D eigenvalue weighted by Gasteiger charge is 2.00. The van der Waals surface area contributed by atoms with Gasteiger partial charge in [-0.05, 0) is 54.5 Å². The first-order valence-electron chi connectivity index (χ1n) is 6.28. The van der Waals surface area contributed by atoms with Crippen molar-refractivity contribution in [3.63, 3.8) is 0 Å². The number of nitrogens with one attached hydrogen (secondary N) is 2. The second-order valence-corrected chi connectivity index (χ2v) is 4.79. The number of aromatic nitrogens is 1. The molecule has 1 aromatic heterocycles. The summed E-state index contributed by atoms with van der Waals surface area (Å²) in [6.07, 6.45) is 1.75. The van der Waals surface area contributed by atoms with Crippen LogP contribution in [-0.2, 0) is 6.54 Å². The van der Waals surface area contributed by atoms with Gasteiger partial charge in [0.2, 0.25) is 0 Å². The lowest BCUT2D eigenvalue weighted by Crippen LogP contribution is -2.28. The summed E-state index contributed by atoms with van der Waals surface area (Å²) in [6, 6.07) is 11.7. The number of rotatable bonds is 4. The predicted molar refractivity (Wildman–Crippen MR) is 85.0 cm³/mol. The van der Waals surface area contributed by atoms with Crippen LogP contribution in [0.4, 0.5) is 5.82 Å². The highest BCUT2D eigenvalue weighted by molar-refractivity contribution is 7.80. The molecule has 0 aliphatic carbocycles. The number of hydrogen-bond acceptors (Lipinski definition) is 3. The first-order valence-corrected chi connectivity index (χ1v) is 6.68. The van der Waals surface area contributed by atoms with Gasteiger partial charge in [0.05, 0.1) is 7.11 Å². The van der Waals surface area contributed by atoms with Gasteiger partial charge in [0.25, 0.3) is 0 Å². The van der Waals surface area contributed by atoms with E-state index in [1.807, 2.05) is 43.3 Å². The van der Waals surface area contributed by atoms with Crippen LogP contribution >= 0.6 is 12.2 Å². The van der Waals surface area contributed by atoms with Gasteiger partial charge < -0.3 is 15.4 Å². The third kappa shape index (κ3) is 4.20. The van der Waals surface area contributed by atoms with Gasteiger partial charge >= 0.3 is 0 Å². The second-order valence-electron chi connectivity index (χ2n) is 4.38. The Kier molecular flexibility index (Phi) is 4.90. The van der Waals surface area contributed by atoms with E-state index in [9.17, 15) is 0 Å². The minimum absolute atomic E-state index is 0.547. The van der Waals surface area contributed by atoms with Crippen LogP contribution in [0.2, 0.25) is 0 Å². The molecule has 20 heavy (non-hydrogen) atoms. The molecule has 0 saturated carbocycles. The van der Waals surface area contributed by atoms with Crippen LogP contribution < -0.4 is 15.4 Å². The van der Waals surface area contributed by atoms with E-state index in [1.165, 1.54) is 0 Å². The summed E-state index contributed by atoms with van der Waals surface area (Å²) in [5.74, 6) is 1.58. The van der Waals surface area contributed by atoms with Gasteiger partial charge in [0.1, 0.15) is 11.6 Å². The molecule has 0 atom stereocenters. The number of pyridine rings is 1. The normalized spacial score (nSPS) is 9.90. The molecule has 4 nitrogen and oxygen atoms in total. The maximum absolute atomic E-state index is 5.25. The van der Waals surface area contributed by atoms with Crippen LogP contribution in [0.25, 0.3) is 0 Å². The molecule has 0 saturated heterocycles. The predicted octanol–water partition coefficient (Wildman–Crippen LogP) is 2.89. The summed E-state index contributed by atoms with van der Waals surface area (Å²) in [5, 5.41) is 6.75. The Bertz CT molecular complexity index is 601. The maximum atomic E-state index is 5.25. The van der Waals surface area contributed by atoms with Crippen molar-refractivity contribution in [1.82, 2.24) is 10.3 Å². The van der Waals surface area contributed by atoms with Crippen LogP contribution in [0.3, 0.4) is 0 Å². The average molecular weight is 287 g/mol. The number of hydrogen-bond donors (Lipinski definition) is 2. The summed E-state index contributed by atoms with van der Waals surface area (Å²) in [4.78, 5) is 4.20. The minimum atomic E-state index is 0.547. The smallest absolute Gasteiger partial charge is 0.172 e. The van der Waals surface area contributed by atoms with Gasteiger partial charge in [0, 0.05) is 12.7 Å². The standard InChI is InChI=1S/C15H17N3OS/c1-11-6-7-16-14(8-11)18-15(20)17-10-12-4-3-5-13(9-12)19-2/h3-9H,10H2,1-2H3,(H2,16,17,18,20). The number of methoxy groups -OCH3 is 1. The molecule has 0 bridgehead atoms. The number of ether oxygens (including phenoxy) is 1. The summed E-state index contributed by atoms with van der Waals surface area (Å²) in [5.41, 5.74) is 2.24. The third-order valence-corrected chi connectivity index (χ3v) is 2.99. The molecule has 2 rings (SSSR count). The van der Waals surface area contributed by atoms with Gasteiger partial charge in [0.15, 0.2) is 5.11 Å². The molecular weight excluding hydrogens is 270 g/mol. The van der Waals surface area contributed by atoms with Crippen molar-refractivity contribution in [2.45, 2.75) is 13.5 Å². The van der Waals surface area contributed by atoms with Crippen molar-refractivity contribution in [1.29, 1.82) is 0 Å². The fourth-order valence-electron chi connectivity index (χ4n) is 1.73. The molecule has 1 aromatic carbocycles. The molecule has 0 unspecified atom stereocenters. The first-order chi connectivity index (χ1) is 9.67. The molecule has 0 aliphatic rings. The molecule has 0 aliphatic heterocycles. The van der Waals surface area contributed by atoms with Crippen LogP contribution in [0, 0.1) is 6.92 Å². The molecule has 0 spiro atoms. The lowest BCUT2D eigenvalue weighted by atomic mass is 10.2. The molecule has 2 N–H and O–H groups in total. The fourth-order valence-corrected chi connectivity index (χ4v) is 1.91. The Morgan fingerprint density at radius 2 is 2.15 bits per heavy atom.